The zero-order valence-electron chi connectivity index (χ0n) is 8.78. The fourth-order valence-electron chi connectivity index (χ4n) is 1.22. The van der Waals surface area contributed by atoms with E-state index < -0.39 is 12.3 Å². The van der Waals surface area contributed by atoms with Gasteiger partial charge in [-0.3, -0.25) is 0 Å². The molecule has 0 spiro atoms. The molecule has 0 N–H and O–H groups in total. The SMILES string of the molecule is CCCCCC(F)CC(N=C=O)N=C=O. The molecule has 0 fully saturated rings. The molecule has 0 saturated heterocycles. The van der Waals surface area contributed by atoms with Gasteiger partial charge in [-0.25, -0.2) is 14.0 Å². The van der Waals surface area contributed by atoms with Crippen LogP contribution in [0.5, 0.6) is 0 Å². The Kier molecular flexibility index (Phi) is 8.44. The summed E-state index contributed by atoms with van der Waals surface area (Å²) in [6.07, 6.45) is 3.62. The average Bonchev–Trinajstić information content (AvgIpc) is 2.19. The summed E-state index contributed by atoms with van der Waals surface area (Å²) in [6, 6.07) is 0. The third kappa shape index (κ3) is 7.74. The molecule has 5 heteroatoms. The number of isocyanates is 2. The van der Waals surface area contributed by atoms with Gasteiger partial charge in [-0.05, 0) is 6.42 Å². The maximum absolute atomic E-state index is 13.2. The highest BCUT2D eigenvalue weighted by Gasteiger charge is 2.13. The number of aliphatic imine (C=N–C) groups is 2. The van der Waals surface area contributed by atoms with Gasteiger partial charge in [-0.2, -0.15) is 9.98 Å². The predicted molar refractivity (Wildman–Crippen MR) is 53.7 cm³/mol. The summed E-state index contributed by atoms with van der Waals surface area (Å²) < 4.78 is 13.2. The van der Waals surface area contributed by atoms with Crippen molar-refractivity contribution in [2.24, 2.45) is 9.98 Å². The molecule has 0 aliphatic heterocycles. The predicted octanol–water partition coefficient (Wildman–Crippen LogP) is 2.29. The van der Waals surface area contributed by atoms with Gasteiger partial charge in [0.25, 0.3) is 0 Å². The Hall–Kier alpha value is -1.31. The van der Waals surface area contributed by atoms with E-state index in [1.807, 2.05) is 6.92 Å². The average molecular weight is 214 g/mol. The van der Waals surface area contributed by atoms with E-state index in [0.717, 1.165) is 19.3 Å². The summed E-state index contributed by atoms with van der Waals surface area (Å²) >= 11 is 0. The van der Waals surface area contributed by atoms with Crippen LogP contribution in [0.1, 0.15) is 39.0 Å². The number of carbonyl (C=O) groups excluding carboxylic acids is 2. The molecule has 0 rings (SSSR count). The fraction of sp³-hybridized carbons (Fsp3) is 0.800. The molecule has 0 radical (unpaired) electrons. The highest BCUT2D eigenvalue weighted by Crippen LogP contribution is 2.14. The summed E-state index contributed by atoms with van der Waals surface area (Å²) in [5.41, 5.74) is 0. The van der Waals surface area contributed by atoms with Crippen LogP contribution < -0.4 is 0 Å². The first-order valence-corrected chi connectivity index (χ1v) is 5.02. The molecule has 0 heterocycles. The van der Waals surface area contributed by atoms with Crippen molar-refractivity contribution in [1.29, 1.82) is 0 Å². The third-order valence-electron chi connectivity index (χ3n) is 1.99. The second-order valence-corrected chi connectivity index (χ2v) is 3.25. The number of rotatable bonds is 8. The van der Waals surface area contributed by atoms with E-state index in [4.69, 9.17) is 0 Å². The molecule has 0 bridgehead atoms. The molecule has 15 heavy (non-hydrogen) atoms. The maximum atomic E-state index is 13.2. The normalized spacial score (nSPS) is 13.5. The Morgan fingerprint density at radius 1 is 1.20 bits per heavy atom. The monoisotopic (exact) mass is 214 g/mol. The molecule has 0 amide bonds. The van der Waals surface area contributed by atoms with Crippen molar-refractivity contribution in [2.45, 2.75) is 51.4 Å². The third-order valence-corrected chi connectivity index (χ3v) is 1.99. The van der Waals surface area contributed by atoms with Crippen LogP contribution in [0.2, 0.25) is 0 Å². The van der Waals surface area contributed by atoms with Crippen LogP contribution in [-0.2, 0) is 9.59 Å². The molecule has 0 aromatic carbocycles. The van der Waals surface area contributed by atoms with Gasteiger partial charge in [0.05, 0.1) is 0 Å². The smallest absolute Gasteiger partial charge is 0.237 e. The van der Waals surface area contributed by atoms with E-state index in [-0.39, 0.29) is 6.42 Å². The second-order valence-electron chi connectivity index (χ2n) is 3.25. The molecule has 1 unspecified atom stereocenters. The highest BCUT2D eigenvalue weighted by atomic mass is 19.1. The molecule has 0 aliphatic rings. The lowest BCUT2D eigenvalue weighted by Crippen LogP contribution is -2.10. The summed E-state index contributed by atoms with van der Waals surface area (Å²) in [6.45, 7) is 2.03. The zero-order chi connectivity index (χ0) is 11.5. The van der Waals surface area contributed by atoms with Crippen LogP contribution in [0.3, 0.4) is 0 Å². The largest absolute Gasteiger partial charge is 0.247 e. The summed E-state index contributed by atoms with van der Waals surface area (Å²) in [5, 5.41) is 0. The molecular weight excluding hydrogens is 199 g/mol. The van der Waals surface area contributed by atoms with Gasteiger partial charge in [0.1, 0.15) is 6.17 Å². The number of hydrogen-bond donors (Lipinski definition) is 0. The number of alkyl halides is 1. The van der Waals surface area contributed by atoms with Crippen molar-refractivity contribution in [3.05, 3.63) is 0 Å². The van der Waals surface area contributed by atoms with Crippen LogP contribution in [0.15, 0.2) is 9.98 Å². The van der Waals surface area contributed by atoms with E-state index in [2.05, 4.69) is 9.98 Å². The molecule has 4 nitrogen and oxygen atoms in total. The van der Waals surface area contributed by atoms with Crippen molar-refractivity contribution in [3.8, 4) is 0 Å². The zero-order valence-corrected chi connectivity index (χ0v) is 8.78. The fourth-order valence-corrected chi connectivity index (χ4v) is 1.22. The Bertz CT molecular complexity index is 240. The Balaban J connectivity index is 3.93. The Morgan fingerprint density at radius 3 is 2.27 bits per heavy atom. The minimum absolute atomic E-state index is 0.0474. The van der Waals surface area contributed by atoms with E-state index in [0.29, 0.717) is 6.42 Å². The van der Waals surface area contributed by atoms with Gasteiger partial charge in [0.2, 0.25) is 12.2 Å². The van der Waals surface area contributed by atoms with Crippen LogP contribution in [0.4, 0.5) is 4.39 Å². The maximum Gasteiger partial charge on any atom is 0.237 e. The topological polar surface area (TPSA) is 58.9 Å². The van der Waals surface area contributed by atoms with E-state index in [1.54, 1.807) is 0 Å². The molecule has 1 atom stereocenters. The van der Waals surface area contributed by atoms with E-state index in [1.165, 1.54) is 12.2 Å². The molecule has 0 saturated carbocycles. The highest BCUT2D eigenvalue weighted by molar-refractivity contribution is 5.36. The molecule has 0 aromatic heterocycles. The summed E-state index contributed by atoms with van der Waals surface area (Å²) in [4.78, 5) is 26.3. The molecule has 0 aliphatic carbocycles. The van der Waals surface area contributed by atoms with Gasteiger partial charge >= 0.3 is 0 Å². The van der Waals surface area contributed by atoms with Crippen LogP contribution in [0, 0.1) is 0 Å². The van der Waals surface area contributed by atoms with Gasteiger partial charge in [0, 0.05) is 6.42 Å². The summed E-state index contributed by atoms with van der Waals surface area (Å²) in [7, 11) is 0. The van der Waals surface area contributed by atoms with Crippen molar-refractivity contribution in [2.75, 3.05) is 0 Å². The van der Waals surface area contributed by atoms with Crippen molar-refractivity contribution in [1.82, 2.24) is 0 Å². The quantitative estimate of drug-likeness (QED) is 0.353. The Labute approximate surface area is 88.3 Å². The first kappa shape index (κ1) is 13.7. The van der Waals surface area contributed by atoms with Crippen LogP contribution >= 0.6 is 0 Å². The second kappa shape index (κ2) is 9.25. The lowest BCUT2D eigenvalue weighted by atomic mass is 10.1. The first-order valence-electron chi connectivity index (χ1n) is 5.02. The lowest BCUT2D eigenvalue weighted by Gasteiger charge is -2.08. The van der Waals surface area contributed by atoms with Crippen molar-refractivity contribution >= 4 is 12.2 Å². The van der Waals surface area contributed by atoms with E-state index in [9.17, 15) is 14.0 Å². The number of halogens is 1. The van der Waals surface area contributed by atoms with E-state index >= 15 is 0 Å². The number of nitrogens with zero attached hydrogens (tertiary/aromatic N) is 2. The van der Waals surface area contributed by atoms with Gasteiger partial charge in [-0.15, -0.1) is 0 Å². The van der Waals surface area contributed by atoms with Gasteiger partial charge in [0.15, 0.2) is 6.17 Å². The lowest BCUT2D eigenvalue weighted by molar-refractivity contribution is 0.273. The van der Waals surface area contributed by atoms with Gasteiger partial charge in [-0.1, -0.05) is 26.2 Å². The Morgan fingerprint density at radius 2 is 1.80 bits per heavy atom. The molecule has 0 aromatic rings. The standard InChI is InChI=1S/C10H15FN2O2/c1-2-3-4-5-9(11)6-10(12-7-14)13-8-15/h9-10H,2-6H2,1H3. The summed E-state index contributed by atoms with van der Waals surface area (Å²) in [5.74, 6) is 0. The minimum Gasteiger partial charge on any atom is -0.247 e. The van der Waals surface area contributed by atoms with Gasteiger partial charge < -0.3 is 0 Å². The molecular formula is C10H15FN2O2. The first-order chi connectivity index (χ1) is 7.24. The minimum atomic E-state index is -1.09. The number of hydrogen-bond acceptors (Lipinski definition) is 4. The van der Waals surface area contributed by atoms with Crippen LogP contribution in [0.25, 0.3) is 0 Å². The van der Waals surface area contributed by atoms with Crippen LogP contribution in [-0.4, -0.2) is 24.5 Å². The molecule has 84 valence electrons. The van der Waals surface area contributed by atoms with Crippen molar-refractivity contribution in [3.63, 3.8) is 0 Å². The van der Waals surface area contributed by atoms with Crippen molar-refractivity contribution < 1.29 is 14.0 Å². The number of unbranched alkanes of at least 4 members (excludes halogenated alkanes) is 2.